The summed E-state index contributed by atoms with van der Waals surface area (Å²) in [5, 5.41) is 0. The SMILES string of the molecule is CCCCC/C=C\C/C=C\C/C=C\C/C=C\CCCC(=O)O[C@H](COC(=O)CCCCCCCCCCCCCCCCCCCC)COP(=O)([O-])OCC[N+](C)(C)C. The highest BCUT2D eigenvalue weighted by Gasteiger charge is 2.21. The van der Waals surface area contributed by atoms with E-state index in [0.717, 1.165) is 38.5 Å². The second-order valence-corrected chi connectivity index (χ2v) is 18.5. The molecule has 0 heterocycles. The van der Waals surface area contributed by atoms with Crippen LogP contribution in [0.3, 0.4) is 0 Å². The molecule has 0 aromatic rings. The van der Waals surface area contributed by atoms with Gasteiger partial charge in [0.05, 0.1) is 27.7 Å². The number of carbonyl (C=O) groups excluding carboxylic acids is 2. The van der Waals surface area contributed by atoms with Gasteiger partial charge in [-0.1, -0.05) is 184 Å². The van der Waals surface area contributed by atoms with Crippen molar-refractivity contribution < 1.29 is 42.1 Å². The molecule has 2 atom stereocenters. The lowest BCUT2D eigenvalue weighted by Crippen LogP contribution is -2.37. The van der Waals surface area contributed by atoms with Crippen molar-refractivity contribution in [3.63, 3.8) is 0 Å². The van der Waals surface area contributed by atoms with Crippen LogP contribution in [-0.2, 0) is 32.7 Å². The molecule has 0 aliphatic rings. The topological polar surface area (TPSA) is 111 Å². The maximum absolute atomic E-state index is 12.7. The third-order valence-electron chi connectivity index (χ3n) is 10.1. The van der Waals surface area contributed by atoms with E-state index in [-0.39, 0.29) is 26.1 Å². The number of carbonyl (C=O) groups is 2. The Morgan fingerprint density at radius 3 is 1.41 bits per heavy atom. The highest BCUT2D eigenvalue weighted by molar-refractivity contribution is 7.45. The molecule has 0 amide bonds. The van der Waals surface area contributed by atoms with Crippen LogP contribution in [0.1, 0.15) is 200 Å². The standard InChI is InChI=1S/C49H90NO8P/c1-6-8-10-12-14-16-18-20-22-24-26-27-29-31-33-35-37-39-41-48(51)55-45-47(46-57-59(53,54)56-44-43-50(3,4)5)58-49(52)42-40-38-36-34-32-30-28-25-23-21-19-17-15-13-11-9-7-2/h15,17,21,23,28,30,34,36,47H,6-14,16,18-20,22,24-27,29,31-33,35,37-46H2,1-5H3/b17-15-,23-21-,30-28-,36-34-/t47-/m1/s1. The number of rotatable bonds is 43. The number of esters is 2. The van der Waals surface area contributed by atoms with Crippen molar-refractivity contribution in [1.82, 2.24) is 0 Å². The Morgan fingerprint density at radius 1 is 0.525 bits per heavy atom. The summed E-state index contributed by atoms with van der Waals surface area (Å²) in [5.41, 5.74) is 0. The number of unbranched alkanes of at least 4 members (excludes halogenated alkanes) is 21. The first-order valence-electron chi connectivity index (χ1n) is 23.8. The number of hydrogen-bond donors (Lipinski definition) is 0. The van der Waals surface area contributed by atoms with E-state index in [2.05, 4.69) is 56.4 Å². The van der Waals surface area contributed by atoms with Crippen LogP contribution in [0.4, 0.5) is 0 Å². The number of nitrogens with zero attached hydrogens (tertiary/aromatic N) is 1. The first-order chi connectivity index (χ1) is 28.5. The van der Waals surface area contributed by atoms with E-state index in [0.29, 0.717) is 23.9 Å². The van der Waals surface area contributed by atoms with Crippen LogP contribution in [-0.4, -0.2) is 70.0 Å². The summed E-state index contributed by atoms with van der Waals surface area (Å²) in [4.78, 5) is 37.6. The highest BCUT2D eigenvalue weighted by Crippen LogP contribution is 2.38. The number of ether oxygens (including phenoxy) is 2. The summed E-state index contributed by atoms with van der Waals surface area (Å²) in [6.07, 6.45) is 48.6. The fourth-order valence-electron chi connectivity index (χ4n) is 6.35. The number of phosphoric ester groups is 1. The van der Waals surface area contributed by atoms with Crippen LogP contribution in [0.2, 0.25) is 0 Å². The second kappa shape index (κ2) is 41.3. The molecule has 0 aromatic carbocycles. The molecule has 1 unspecified atom stereocenters. The van der Waals surface area contributed by atoms with E-state index < -0.39 is 32.5 Å². The summed E-state index contributed by atoms with van der Waals surface area (Å²) in [6, 6.07) is 0. The lowest BCUT2D eigenvalue weighted by molar-refractivity contribution is -0.870. The van der Waals surface area contributed by atoms with Crippen molar-refractivity contribution in [2.24, 2.45) is 0 Å². The summed E-state index contributed by atoms with van der Waals surface area (Å²) in [6.45, 7) is 4.15. The van der Waals surface area contributed by atoms with Crippen LogP contribution in [0.25, 0.3) is 0 Å². The molecular formula is C49H90NO8P. The molecule has 10 heteroatoms. The van der Waals surface area contributed by atoms with Gasteiger partial charge in [-0.05, 0) is 51.4 Å². The van der Waals surface area contributed by atoms with Gasteiger partial charge in [-0.25, -0.2) is 0 Å². The van der Waals surface area contributed by atoms with Gasteiger partial charge in [0.1, 0.15) is 19.8 Å². The zero-order valence-electron chi connectivity index (χ0n) is 38.7. The first kappa shape index (κ1) is 57.0. The molecule has 9 nitrogen and oxygen atoms in total. The Morgan fingerprint density at radius 2 is 0.932 bits per heavy atom. The molecule has 0 radical (unpaired) electrons. The summed E-state index contributed by atoms with van der Waals surface area (Å²) in [7, 11) is 1.13. The van der Waals surface area contributed by atoms with E-state index in [9.17, 15) is 19.0 Å². The molecule has 0 rings (SSSR count). The fourth-order valence-corrected chi connectivity index (χ4v) is 7.08. The zero-order chi connectivity index (χ0) is 43.6. The van der Waals surface area contributed by atoms with Crippen molar-refractivity contribution >= 4 is 19.8 Å². The van der Waals surface area contributed by atoms with Gasteiger partial charge in [0, 0.05) is 12.8 Å². The molecule has 344 valence electrons. The zero-order valence-corrected chi connectivity index (χ0v) is 39.6. The average molecular weight is 852 g/mol. The monoisotopic (exact) mass is 852 g/mol. The van der Waals surface area contributed by atoms with Gasteiger partial charge in [-0.15, -0.1) is 0 Å². The number of likely N-dealkylation sites (N-methyl/N-ethyl adjacent to an activating group) is 1. The maximum atomic E-state index is 12.7. The van der Waals surface area contributed by atoms with Crippen molar-refractivity contribution in [1.29, 1.82) is 0 Å². The van der Waals surface area contributed by atoms with Gasteiger partial charge < -0.3 is 27.9 Å². The van der Waals surface area contributed by atoms with Gasteiger partial charge in [-0.2, -0.15) is 0 Å². The summed E-state index contributed by atoms with van der Waals surface area (Å²) >= 11 is 0. The van der Waals surface area contributed by atoms with E-state index >= 15 is 0 Å². The van der Waals surface area contributed by atoms with E-state index in [1.807, 2.05) is 27.2 Å². The molecule has 0 aliphatic heterocycles. The lowest BCUT2D eigenvalue weighted by Gasteiger charge is -2.28. The Bertz CT molecular complexity index is 1150. The predicted molar refractivity (Wildman–Crippen MR) is 245 cm³/mol. The number of allylic oxidation sites excluding steroid dienone is 8. The summed E-state index contributed by atoms with van der Waals surface area (Å²) in [5.74, 6) is -0.895. The van der Waals surface area contributed by atoms with Crippen LogP contribution in [0.5, 0.6) is 0 Å². The van der Waals surface area contributed by atoms with Crippen LogP contribution in [0.15, 0.2) is 48.6 Å². The van der Waals surface area contributed by atoms with Crippen LogP contribution < -0.4 is 4.89 Å². The van der Waals surface area contributed by atoms with Gasteiger partial charge in [-0.3, -0.25) is 14.2 Å². The minimum Gasteiger partial charge on any atom is -0.756 e. The van der Waals surface area contributed by atoms with Crippen molar-refractivity contribution in [3.8, 4) is 0 Å². The molecule has 0 N–H and O–H groups in total. The summed E-state index contributed by atoms with van der Waals surface area (Å²) < 4.78 is 33.9. The smallest absolute Gasteiger partial charge is 0.306 e. The Labute approximate surface area is 363 Å². The molecule has 0 aliphatic carbocycles. The molecule has 0 saturated heterocycles. The molecule has 0 bridgehead atoms. The third-order valence-corrected chi connectivity index (χ3v) is 11.1. The van der Waals surface area contributed by atoms with Crippen LogP contribution in [0, 0.1) is 0 Å². The molecule has 0 saturated carbocycles. The van der Waals surface area contributed by atoms with Crippen molar-refractivity contribution in [2.75, 3.05) is 47.5 Å². The van der Waals surface area contributed by atoms with Crippen molar-refractivity contribution in [2.45, 2.75) is 206 Å². The highest BCUT2D eigenvalue weighted by atomic mass is 31.2. The molecular weight excluding hydrogens is 762 g/mol. The van der Waals surface area contributed by atoms with E-state index in [4.69, 9.17) is 18.5 Å². The fraction of sp³-hybridized carbons (Fsp3) is 0.796. The Balaban J connectivity index is 4.38. The minimum absolute atomic E-state index is 0.0411. The number of hydrogen-bond acceptors (Lipinski definition) is 8. The normalized spacial score (nSPS) is 13.9. The molecule has 59 heavy (non-hydrogen) atoms. The Hall–Kier alpha value is -2.03. The van der Waals surface area contributed by atoms with Crippen molar-refractivity contribution in [3.05, 3.63) is 48.6 Å². The lowest BCUT2D eigenvalue weighted by atomic mass is 10.0. The van der Waals surface area contributed by atoms with E-state index in [1.165, 1.54) is 122 Å². The average Bonchev–Trinajstić information content (AvgIpc) is 3.19. The third kappa shape index (κ3) is 45.3. The number of quaternary nitrogens is 1. The van der Waals surface area contributed by atoms with Gasteiger partial charge in [0.25, 0.3) is 7.82 Å². The van der Waals surface area contributed by atoms with Gasteiger partial charge >= 0.3 is 11.9 Å². The first-order valence-corrected chi connectivity index (χ1v) is 25.3. The largest absolute Gasteiger partial charge is 0.756 e. The molecule has 0 fully saturated rings. The quantitative estimate of drug-likeness (QED) is 0.0196. The maximum Gasteiger partial charge on any atom is 0.306 e. The van der Waals surface area contributed by atoms with E-state index in [1.54, 1.807) is 0 Å². The predicted octanol–water partition coefficient (Wildman–Crippen LogP) is 13.2. The van der Waals surface area contributed by atoms with Gasteiger partial charge in [0.15, 0.2) is 6.10 Å². The second-order valence-electron chi connectivity index (χ2n) is 17.1. The number of phosphoric acid groups is 1. The van der Waals surface area contributed by atoms with Crippen LogP contribution >= 0.6 is 7.82 Å². The molecule has 0 aromatic heterocycles. The Kier molecular flexibility index (Phi) is 39.9. The minimum atomic E-state index is -4.64. The molecule has 0 spiro atoms. The van der Waals surface area contributed by atoms with Gasteiger partial charge in [0.2, 0.25) is 0 Å².